The van der Waals surface area contributed by atoms with Crippen LogP contribution in [0.1, 0.15) is 11.3 Å². The van der Waals surface area contributed by atoms with E-state index in [1.54, 1.807) is 26.4 Å². The number of benzene rings is 1. The summed E-state index contributed by atoms with van der Waals surface area (Å²) >= 11 is 1.53. The summed E-state index contributed by atoms with van der Waals surface area (Å²) in [7, 11) is 4.62. The molecule has 0 aliphatic carbocycles. The number of hydrogen-bond donors (Lipinski definition) is 1. The quantitative estimate of drug-likeness (QED) is 0.513. The largest absolute Gasteiger partial charge is 0.493 e. The van der Waals surface area contributed by atoms with Crippen LogP contribution < -0.4 is 24.5 Å². The number of anilines is 1. The second-order valence-corrected chi connectivity index (χ2v) is 6.99. The number of ether oxygens (including phenoxy) is 4. The van der Waals surface area contributed by atoms with Crippen LogP contribution in [0.3, 0.4) is 0 Å². The number of nitrogens with one attached hydrogen (secondary N) is 1. The van der Waals surface area contributed by atoms with E-state index in [2.05, 4.69) is 20.4 Å². The molecule has 1 aliphatic rings. The maximum atomic E-state index is 12.2. The summed E-state index contributed by atoms with van der Waals surface area (Å²) in [4.78, 5) is 18.9. The number of morpholine rings is 1. The summed E-state index contributed by atoms with van der Waals surface area (Å²) < 4.78 is 21.2. The van der Waals surface area contributed by atoms with Crippen molar-refractivity contribution in [3.8, 4) is 17.2 Å². The number of rotatable bonds is 8. The number of thiazole rings is 1. The third-order valence-electron chi connectivity index (χ3n) is 4.25. The maximum Gasteiger partial charge on any atom is 0.246 e. The molecular formula is C19H24N4O5S. The zero-order chi connectivity index (χ0) is 20.6. The lowest BCUT2D eigenvalue weighted by atomic mass is 10.2. The van der Waals surface area contributed by atoms with Crippen molar-refractivity contribution in [1.82, 2.24) is 10.4 Å². The van der Waals surface area contributed by atoms with Crippen molar-refractivity contribution in [2.45, 2.75) is 6.42 Å². The minimum absolute atomic E-state index is 0.160. The van der Waals surface area contributed by atoms with Gasteiger partial charge in [-0.05, 0) is 12.1 Å². The van der Waals surface area contributed by atoms with Gasteiger partial charge in [0.1, 0.15) is 0 Å². The van der Waals surface area contributed by atoms with Crippen molar-refractivity contribution < 1.29 is 23.7 Å². The van der Waals surface area contributed by atoms with E-state index < -0.39 is 0 Å². The van der Waals surface area contributed by atoms with Crippen molar-refractivity contribution in [2.75, 3.05) is 52.5 Å². The van der Waals surface area contributed by atoms with Gasteiger partial charge in [0.05, 0.1) is 52.9 Å². The summed E-state index contributed by atoms with van der Waals surface area (Å²) in [6, 6.07) is 3.48. The predicted molar refractivity (Wildman–Crippen MR) is 111 cm³/mol. The zero-order valence-electron chi connectivity index (χ0n) is 16.6. The van der Waals surface area contributed by atoms with E-state index in [1.807, 2.05) is 5.38 Å². The van der Waals surface area contributed by atoms with E-state index in [-0.39, 0.29) is 12.3 Å². The molecule has 1 aromatic heterocycles. The highest BCUT2D eigenvalue weighted by molar-refractivity contribution is 7.13. The molecule has 2 aromatic rings. The number of methoxy groups -OCH3 is 3. The van der Waals surface area contributed by atoms with E-state index in [4.69, 9.17) is 18.9 Å². The number of amides is 1. The molecule has 10 heteroatoms. The van der Waals surface area contributed by atoms with Crippen LogP contribution in [0.2, 0.25) is 0 Å². The Balaban J connectivity index is 1.58. The van der Waals surface area contributed by atoms with E-state index >= 15 is 0 Å². The van der Waals surface area contributed by atoms with Gasteiger partial charge in [0, 0.05) is 24.0 Å². The normalized spacial score (nSPS) is 14.1. The van der Waals surface area contributed by atoms with Crippen molar-refractivity contribution >= 4 is 28.6 Å². The Morgan fingerprint density at radius 3 is 2.55 bits per heavy atom. The van der Waals surface area contributed by atoms with E-state index in [9.17, 15) is 4.79 Å². The van der Waals surface area contributed by atoms with Gasteiger partial charge in [0.15, 0.2) is 16.6 Å². The van der Waals surface area contributed by atoms with Crippen molar-refractivity contribution in [1.29, 1.82) is 0 Å². The van der Waals surface area contributed by atoms with E-state index in [0.717, 1.165) is 23.9 Å². The summed E-state index contributed by atoms with van der Waals surface area (Å²) in [5.74, 6) is 1.28. The molecule has 2 heterocycles. The number of hydrogen-bond acceptors (Lipinski definition) is 9. The summed E-state index contributed by atoms with van der Waals surface area (Å²) in [5.41, 5.74) is 3.94. The topological polar surface area (TPSA) is 94.5 Å². The SMILES string of the molecule is COc1cc(/C=N\NC(=O)Cc2csc(N3CCOCC3)n2)cc(OC)c1OC. The van der Waals surface area contributed by atoms with Gasteiger partial charge >= 0.3 is 0 Å². The number of nitrogens with zero attached hydrogens (tertiary/aromatic N) is 3. The zero-order valence-corrected chi connectivity index (χ0v) is 17.5. The third kappa shape index (κ3) is 5.36. The van der Waals surface area contributed by atoms with Crippen LogP contribution in [-0.2, 0) is 16.0 Å². The monoisotopic (exact) mass is 420 g/mol. The van der Waals surface area contributed by atoms with Gasteiger partial charge in [-0.2, -0.15) is 5.10 Å². The Morgan fingerprint density at radius 2 is 1.93 bits per heavy atom. The Morgan fingerprint density at radius 1 is 1.24 bits per heavy atom. The lowest BCUT2D eigenvalue weighted by Gasteiger charge is -2.26. The van der Waals surface area contributed by atoms with Gasteiger partial charge in [-0.25, -0.2) is 10.4 Å². The summed E-state index contributed by atoms with van der Waals surface area (Å²) in [6.07, 6.45) is 1.68. The summed E-state index contributed by atoms with van der Waals surface area (Å²) in [6.45, 7) is 3.03. The first-order valence-electron chi connectivity index (χ1n) is 9.03. The molecule has 0 spiro atoms. The standard InChI is InChI=1S/C19H24N4O5S/c1-25-15-8-13(9-16(26-2)18(15)27-3)11-20-22-17(24)10-14-12-29-19(21-14)23-4-6-28-7-5-23/h8-9,11-12H,4-7,10H2,1-3H3,(H,22,24)/b20-11-. The average Bonchev–Trinajstić information content (AvgIpc) is 3.21. The van der Waals surface area contributed by atoms with Crippen LogP contribution in [0.25, 0.3) is 0 Å². The smallest absolute Gasteiger partial charge is 0.246 e. The number of hydrazone groups is 1. The van der Waals surface area contributed by atoms with Crippen molar-refractivity contribution in [3.05, 3.63) is 28.8 Å². The Bertz CT molecular complexity index is 839. The van der Waals surface area contributed by atoms with Gasteiger partial charge in [-0.3, -0.25) is 4.79 Å². The average molecular weight is 420 g/mol. The van der Waals surface area contributed by atoms with Crippen LogP contribution in [0.5, 0.6) is 17.2 Å². The lowest BCUT2D eigenvalue weighted by Crippen LogP contribution is -2.36. The highest BCUT2D eigenvalue weighted by atomic mass is 32.1. The van der Waals surface area contributed by atoms with E-state index in [1.165, 1.54) is 24.7 Å². The lowest BCUT2D eigenvalue weighted by molar-refractivity contribution is -0.120. The first-order valence-corrected chi connectivity index (χ1v) is 9.91. The van der Waals surface area contributed by atoms with Gasteiger partial charge in [0.2, 0.25) is 11.7 Å². The maximum absolute atomic E-state index is 12.2. The number of aromatic nitrogens is 1. The molecule has 1 saturated heterocycles. The molecule has 3 rings (SSSR count). The first kappa shape index (κ1) is 20.9. The minimum atomic E-state index is -0.243. The predicted octanol–water partition coefficient (Wildman–Crippen LogP) is 1.70. The van der Waals surface area contributed by atoms with E-state index in [0.29, 0.717) is 36.0 Å². The number of carbonyl (C=O) groups excluding carboxylic acids is 1. The van der Waals surface area contributed by atoms with Crippen LogP contribution in [0.4, 0.5) is 5.13 Å². The first-order chi connectivity index (χ1) is 14.1. The second-order valence-electron chi connectivity index (χ2n) is 6.15. The molecule has 0 unspecified atom stereocenters. The molecule has 29 heavy (non-hydrogen) atoms. The van der Waals surface area contributed by atoms with Gasteiger partial charge < -0.3 is 23.8 Å². The molecular weight excluding hydrogens is 396 g/mol. The summed E-state index contributed by atoms with van der Waals surface area (Å²) in [5, 5.41) is 6.82. The fraction of sp³-hybridized carbons (Fsp3) is 0.421. The van der Waals surface area contributed by atoms with Crippen LogP contribution in [0.15, 0.2) is 22.6 Å². The third-order valence-corrected chi connectivity index (χ3v) is 5.20. The molecule has 0 bridgehead atoms. The molecule has 9 nitrogen and oxygen atoms in total. The highest BCUT2D eigenvalue weighted by Gasteiger charge is 2.16. The molecule has 0 radical (unpaired) electrons. The molecule has 1 aliphatic heterocycles. The molecule has 0 saturated carbocycles. The van der Waals surface area contributed by atoms with Crippen LogP contribution in [-0.4, -0.2) is 64.7 Å². The second kappa shape index (κ2) is 10.1. The van der Waals surface area contributed by atoms with Gasteiger partial charge in [-0.15, -0.1) is 11.3 Å². The minimum Gasteiger partial charge on any atom is -0.493 e. The number of carbonyl (C=O) groups is 1. The van der Waals surface area contributed by atoms with Gasteiger partial charge in [0.25, 0.3) is 0 Å². The molecule has 1 fully saturated rings. The van der Waals surface area contributed by atoms with Gasteiger partial charge in [-0.1, -0.05) is 0 Å². The molecule has 1 N–H and O–H groups in total. The fourth-order valence-corrected chi connectivity index (χ4v) is 3.72. The van der Waals surface area contributed by atoms with Crippen LogP contribution >= 0.6 is 11.3 Å². The van der Waals surface area contributed by atoms with Crippen molar-refractivity contribution in [2.24, 2.45) is 5.10 Å². The van der Waals surface area contributed by atoms with Crippen LogP contribution in [0, 0.1) is 0 Å². The fourth-order valence-electron chi connectivity index (χ4n) is 2.84. The Kier molecular flexibility index (Phi) is 7.25. The van der Waals surface area contributed by atoms with Crippen molar-refractivity contribution in [3.63, 3.8) is 0 Å². The Labute approximate surface area is 173 Å². The molecule has 0 atom stereocenters. The molecule has 1 amide bonds. The highest BCUT2D eigenvalue weighted by Crippen LogP contribution is 2.37. The Hall–Kier alpha value is -2.85. The molecule has 156 valence electrons. The molecule has 1 aromatic carbocycles.